The molecule has 0 aliphatic heterocycles. The van der Waals surface area contributed by atoms with Crippen molar-refractivity contribution in [1.29, 1.82) is 5.26 Å². The van der Waals surface area contributed by atoms with E-state index in [2.05, 4.69) is 21.4 Å². The second-order valence-corrected chi connectivity index (χ2v) is 7.49. The van der Waals surface area contributed by atoms with E-state index in [9.17, 15) is 14.9 Å². The van der Waals surface area contributed by atoms with E-state index in [1.807, 2.05) is 68.4 Å². The molecule has 0 unspecified atom stereocenters. The summed E-state index contributed by atoms with van der Waals surface area (Å²) in [5, 5.41) is 12.4. The Kier molecular flexibility index (Phi) is 6.46. The molecule has 1 amide bonds. The topological polar surface area (TPSA) is 110 Å². The van der Waals surface area contributed by atoms with Gasteiger partial charge in [-0.2, -0.15) is 5.26 Å². The minimum absolute atomic E-state index is 0.340. The summed E-state index contributed by atoms with van der Waals surface area (Å²) in [6, 6.07) is 18.9. The third-order valence-electron chi connectivity index (χ3n) is 5.30. The number of anilines is 1. The molecule has 0 aliphatic rings. The maximum atomic E-state index is 12.6. The minimum atomic E-state index is -0.698. The van der Waals surface area contributed by atoms with Gasteiger partial charge < -0.3 is 10.1 Å². The van der Waals surface area contributed by atoms with E-state index in [1.54, 1.807) is 10.8 Å². The number of nitriles is 1. The maximum Gasteiger partial charge on any atom is 0.331 e. The van der Waals surface area contributed by atoms with E-state index in [-0.39, 0.29) is 0 Å². The zero-order chi connectivity index (χ0) is 24.1. The van der Waals surface area contributed by atoms with Gasteiger partial charge in [0, 0.05) is 17.5 Å². The Morgan fingerprint density at radius 2 is 1.79 bits per heavy atom. The Labute approximate surface area is 196 Å². The van der Waals surface area contributed by atoms with Crippen LogP contribution in [0.1, 0.15) is 22.5 Å². The number of aromatic nitrogens is 3. The van der Waals surface area contributed by atoms with Crippen LogP contribution in [-0.4, -0.2) is 33.0 Å². The minimum Gasteiger partial charge on any atom is -0.452 e. The number of nitrogens with one attached hydrogen (secondary N) is 1. The fourth-order valence-corrected chi connectivity index (χ4v) is 3.52. The molecule has 0 fully saturated rings. The number of para-hydroxylation sites is 3. The van der Waals surface area contributed by atoms with Crippen molar-refractivity contribution in [2.75, 3.05) is 11.9 Å². The highest BCUT2D eigenvalue weighted by molar-refractivity contribution is 5.95. The van der Waals surface area contributed by atoms with E-state index < -0.39 is 18.5 Å². The van der Waals surface area contributed by atoms with Crippen molar-refractivity contribution in [2.45, 2.75) is 13.8 Å². The van der Waals surface area contributed by atoms with Gasteiger partial charge >= 0.3 is 5.97 Å². The molecular weight excluding hydrogens is 430 g/mol. The van der Waals surface area contributed by atoms with Crippen LogP contribution in [0.5, 0.6) is 0 Å². The van der Waals surface area contributed by atoms with Crippen molar-refractivity contribution in [2.24, 2.45) is 0 Å². The second kappa shape index (κ2) is 9.79. The number of rotatable bonds is 6. The van der Waals surface area contributed by atoms with Crippen molar-refractivity contribution >= 4 is 34.8 Å². The Hall–Kier alpha value is -4.77. The summed E-state index contributed by atoms with van der Waals surface area (Å²) >= 11 is 0. The van der Waals surface area contributed by atoms with Gasteiger partial charge in [-0.3, -0.25) is 14.3 Å². The number of esters is 1. The Balaban J connectivity index is 1.44. The number of hydrogen-bond acceptors (Lipinski definition) is 6. The summed E-state index contributed by atoms with van der Waals surface area (Å²) < 4.78 is 6.86. The lowest BCUT2D eigenvalue weighted by Gasteiger charge is -2.13. The molecule has 2 aromatic heterocycles. The summed E-state index contributed by atoms with van der Waals surface area (Å²) in [5.41, 5.74) is 4.70. The molecule has 2 heterocycles. The molecule has 2 aromatic carbocycles. The van der Waals surface area contributed by atoms with Crippen LogP contribution < -0.4 is 5.32 Å². The molecule has 8 nitrogen and oxygen atoms in total. The van der Waals surface area contributed by atoms with E-state index in [4.69, 9.17) is 4.74 Å². The highest BCUT2D eigenvalue weighted by atomic mass is 16.5. The first-order valence-corrected chi connectivity index (χ1v) is 10.5. The first kappa shape index (κ1) is 22.4. The Morgan fingerprint density at radius 3 is 2.53 bits per heavy atom. The molecule has 4 aromatic rings. The molecule has 0 spiro atoms. The van der Waals surface area contributed by atoms with Gasteiger partial charge in [-0.05, 0) is 49.8 Å². The van der Waals surface area contributed by atoms with Gasteiger partial charge in [0.15, 0.2) is 6.61 Å². The number of fused-ring (bicyclic) bond motifs is 1. The van der Waals surface area contributed by atoms with Crippen LogP contribution in [0.4, 0.5) is 5.82 Å². The van der Waals surface area contributed by atoms with Crippen molar-refractivity contribution in [3.63, 3.8) is 0 Å². The lowest BCUT2D eigenvalue weighted by atomic mass is 10.2. The van der Waals surface area contributed by atoms with Gasteiger partial charge in [0.2, 0.25) is 0 Å². The van der Waals surface area contributed by atoms with Crippen molar-refractivity contribution in [3.8, 4) is 11.8 Å². The van der Waals surface area contributed by atoms with Gasteiger partial charge in [-0.1, -0.05) is 30.3 Å². The van der Waals surface area contributed by atoms with Gasteiger partial charge in [-0.15, -0.1) is 0 Å². The second-order valence-electron chi connectivity index (χ2n) is 7.49. The van der Waals surface area contributed by atoms with Gasteiger partial charge in [0.1, 0.15) is 11.9 Å². The first-order valence-electron chi connectivity index (χ1n) is 10.5. The predicted octanol–water partition coefficient (Wildman–Crippen LogP) is 4.10. The molecule has 0 atom stereocenters. The van der Waals surface area contributed by atoms with Crippen LogP contribution in [0.2, 0.25) is 0 Å². The van der Waals surface area contributed by atoms with Gasteiger partial charge in [0.05, 0.1) is 28.5 Å². The summed E-state index contributed by atoms with van der Waals surface area (Å²) in [6.07, 6.45) is 4.21. The zero-order valence-electron chi connectivity index (χ0n) is 18.6. The number of nitrogens with zero attached hydrogens (tertiary/aromatic N) is 4. The quantitative estimate of drug-likeness (QED) is 0.349. The maximum absolute atomic E-state index is 12.6. The van der Waals surface area contributed by atoms with Crippen LogP contribution in [0.25, 0.3) is 22.8 Å². The molecule has 168 valence electrons. The smallest absolute Gasteiger partial charge is 0.331 e. The molecule has 34 heavy (non-hydrogen) atoms. The molecule has 4 rings (SSSR count). The standard InChI is InChI=1S/C26H21N5O3/c1-17-18(2)31(20-8-4-3-5-9-20)26(21(17)14-27)30-24(32)16-34-25(33)13-12-19-15-28-22-10-6-7-11-23(22)29-19/h3-13,15H,16H2,1-2H3,(H,30,32)/b13-12+. The highest BCUT2D eigenvalue weighted by Gasteiger charge is 2.21. The molecule has 0 bridgehead atoms. The highest BCUT2D eigenvalue weighted by Crippen LogP contribution is 2.29. The monoisotopic (exact) mass is 451 g/mol. The number of ether oxygens (including phenoxy) is 1. The SMILES string of the molecule is Cc1c(C#N)c(NC(=O)COC(=O)/C=C/c2cnc3ccccc3n2)n(-c2ccccc2)c1C. The molecule has 0 radical (unpaired) electrons. The molecule has 0 saturated carbocycles. The molecule has 0 saturated heterocycles. The first-order chi connectivity index (χ1) is 16.5. The normalized spacial score (nSPS) is 10.9. The third kappa shape index (κ3) is 4.69. The van der Waals surface area contributed by atoms with Crippen LogP contribution in [-0.2, 0) is 14.3 Å². The lowest BCUT2D eigenvalue weighted by Crippen LogP contribution is -2.22. The average Bonchev–Trinajstić information content (AvgIpc) is 3.10. The fourth-order valence-electron chi connectivity index (χ4n) is 3.52. The largest absolute Gasteiger partial charge is 0.452 e. The number of hydrogen-bond donors (Lipinski definition) is 1. The zero-order valence-corrected chi connectivity index (χ0v) is 18.6. The molecule has 1 N–H and O–H groups in total. The summed E-state index contributed by atoms with van der Waals surface area (Å²) in [6.45, 7) is 3.19. The van der Waals surface area contributed by atoms with Crippen LogP contribution in [0.15, 0.2) is 66.9 Å². The van der Waals surface area contributed by atoms with Crippen LogP contribution in [0, 0.1) is 25.2 Å². The molecule has 8 heteroatoms. The number of carbonyl (C=O) groups is 2. The number of amides is 1. The average molecular weight is 451 g/mol. The number of benzene rings is 2. The van der Waals surface area contributed by atoms with E-state index >= 15 is 0 Å². The van der Waals surface area contributed by atoms with Crippen molar-refractivity contribution < 1.29 is 14.3 Å². The van der Waals surface area contributed by atoms with Crippen LogP contribution in [0.3, 0.4) is 0 Å². The summed E-state index contributed by atoms with van der Waals surface area (Å²) in [4.78, 5) is 33.3. The third-order valence-corrected chi connectivity index (χ3v) is 5.30. The van der Waals surface area contributed by atoms with Crippen molar-refractivity contribution in [1.82, 2.24) is 14.5 Å². The summed E-state index contributed by atoms with van der Waals surface area (Å²) in [5.74, 6) is -0.915. The summed E-state index contributed by atoms with van der Waals surface area (Å²) in [7, 11) is 0. The Morgan fingerprint density at radius 1 is 1.09 bits per heavy atom. The van der Waals surface area contributed by atoms with E-state index in [1.165, 1.54) is 12.2 Å². The van der Waals surface area contributed by atoms with Crippen molar-refractivity contribution in [3.05, 3.63) is 89.4 Å². The predicted molar refractivity (Wildman–Crippen MR) is 128 cm³/mol. The molecule has 0 aliphatic carbocycles. The number of carbonyl (C=O) groups excluding carboxylic acids is 2. The molecular formula is C26H21N5O3. The van der Waals surface area contributed by atoms with E-state index in [0.29, 0.717) is 22.6 Å². The Bertz CT molecular complexity index is 1450. The van der Waals surface area contributed by atoms with Crippen LogP contribution >= 0.6 is 0 Å². The van der Waals surface area contributed by atoms with Gasteiger partial charge in [-0.25, -0.2) is 9.78 Å². The fraction of sp³-hybridized carbons (Fsp3) is 0.115. The van der Waals surface area contributed by atoms with E-state index in [0.717, 1.165) is 22.5 Å². The van der Waals surface area contributed by atoms with Gasteiger partial charge in [0.25, 0.3) is 5.91 Å². The lowest BCUT2D eigenvalue weighted by molar-refractivity contribution is -0.142.